The zero-order valence-electron chi connectivity index (χ0n) is 10.6. The molecule has 1 heterocycles. The molecule has 4 aromatic carbocycles. The number of rotatable bonds is 0. The molecule has 0 amide bonds. The van der Waals surface area contributed by atoms with Crippen LogP contribution in [0.2, 0.25) is 0 Å². The fourth-order valence-corrected chi connectivity index (χ4v) is 3.35. The van der Waals surface area contributed by atoms with Gasteiger partial charge in [-0.15, -0.1) is 0 Å². The van der Waals surface area contributed by atoms with Crippen LogP contribution in [-0.4, -0.2) is 5.11 Å². The maximum absolute atomic E-state index is 10.3. The van der Waals surface area contributed by atoms with Crippen LogP contribution >= 0.6 is 0 Å². The van der Waals surface area contributed by atoms with Gasteiger partial charge in [-0.2, -0.15) is 0 Å². The second kappa shape index (κ2) is 3.23. The lowest BCUT2D eigenvalue weighted by Gasteiger charge is -2.08. The highest BCUT2D eigenvalue weighted by Gasteiger charge is 2.17. The van der Waals surface area contributed by atoms with Gasteiger partial charge in [-0.05, 0) is 34.4 Å². The molecule has 0 fully saturated rings. The summed E-state index contributed by atoms with van der Waals surface area (Å²) in [5.41, 5.74) is 1.78. The van der Waals surface area contributed by atoms with E-state index in [0.717, 1.165) is 43.5 Å². The van der Waals surface area contributed by atoms with Gasteiger partial charge in [-0.25, -0.2) is 0 Å². The number of fused-ring (bicyclic) bond motifs is 3. The molecule has 1 aromatic heterocycles. The minimum atomic E-state index is 0.318. The van der Waals surface area contributed by atoms with E-state index < -0.39 is 0 Å². The quantitative estimate of drug-likeness (QED) is 0.395. The molecule has 2 heteroatoms. The van der Waals surface area contributed by atoms with Gasteiger partial charge in [0.2, 0.25) is 0 Å². The van der Waals surface area contributed by atoms with Gasteiger partial charge in [0.1, 0.15) is 16.9 Å². The van der Waals surface area contributed by atoms with Crippen LogP contribution < -0.4 is 0 Å². The average molecular weight is 258 g/mol. The second-order valence-corrected chi connectivity index (χ2v) is 5.16. The summed E-state index contributed by atoms with van der Waals surface area (Å²) < 4.78 is 5.94. The van der Waals surface area contributed by atoms with E-state index in [1.165, 1.54) is 0 Å². The van der Waals surface area contributed by atoms with Crippen molar-refractivity contribution in [2.45, 2.75) is 0 Å². The van der Waals surface area contributed by atoms with E-state index in [1.807, 2.05) is 36.4 Å². The fourth-order valence-electron chi connectivity index (χ4n) is 3.35. The van der Waals surface area contributed by atoms with Gasteiger partial charge in [-0.3, -0.25) is 0 Å². The first-order valence-corrected chi connectivity index (χ1v) is 6.61. The lowest BCUT2D eigenvalue weighted by molar-refractivity contribution is 0.482. The zero-order valence-corrected chi connectivity index (χ0v) is 10.6. The molecule has 2 nitrogen and oxygen atoms in total. The minimum Gasteiger partial charge on any atom is -0.507 e. The summed E-state index contributed by atoms with van der Waals surface area (Å²) in [6, 6.07) is 17.8. The zero-order chi connectivity index (χ0) is 13.3. The highest BCUT2D eigenvalue weighted by Crippen LogP contribution is 2.44. The van der Waals surface area contributed by atoms with E-state index in [-0.39, 0.29) is 0 Å². The molecule has 0 radical (unpaired) electrons. The van der Waals surface area contributed by atoms with Crippen molar-refractivity contribution in [1.82, 2.24) is 0 Å². The minimum absolute atomic E-state index is 0.318. The largest absolute Gasteiger partial charge is 0.507 e. The van der Waals surface area contributed by atoms with Crippen molar-refractivity contribution >= 4 is 43.5 Å². The third kappa shape index (κ3) is 1.02. The maximum atomic E-state index is 10.3. The molecule has 94 valence electrons. The van der Waals surface area contributed by atoms with E-state index in [9.17, 15) is 5.11 Å². The molecule has 0 spiro atoms. The van der Waals surface area contributed by atoms with Crippen molar-refractivity contribution in [3.8, 4) is 5.75 Å². The number of aromatic hydroxyl groups is 1. The van der Waals surface area contributed by atoms with Crippen molar-refractivity contribution in [2.75, 3.05) is 0 Å². The van der Waals surface area contributed by atoms with E-state index in [1.54, 1.807) is 6.07 Å². The van der Waals surface area contributed by atoms with E-state index >= 15 is 0 Å². The summed E-state index contributed by atoms with van der Waals surface area (Å²) in [6.07, 6.45) is 0. The molecule has 0 bridgehead atoms. The molecule has 0 aliphatic heterocycles. The molecule has 5 rings (SSSR count). The molecule has 0 aliphatic rings. The molecule has 0 saturated carbocycles. The van der Waals surface area contributed by atoms with Crippen molar-refractivity contribution in [3.05, 3.63) is 54.6 Å². The third-order valence-electron chi connectivity index (χ3n) is 4.12. The lowest BCUT2D eigenvalue weighted by Crippen LogP contribution is -1.82. The topological polar surface area (TPSA) is 33.4 Å². The Hall–Kier alpha value is -2.74. The van der Waals surface area contributed by atoms with Crippen LogP contribution in [0.25, 0.3) is 43.5 Å². The Labute approximate surface area is 114 Å². The Bertz CT molecular complexity index is 1100. The van der Waals surface area contributed by atoms with Crippen molar-refractivity contribution in [3.63, 3.8) is 0 Å². The Morgan fingerprint density at radius 1 is 0.600 bits per heavy atom. The summed E-state index contributed by atoms with van der Waals surface area (Å²) in [6.45, 7) is 0. The van der Waals surface area contributed by atoms with Crippen LogP contribution in [0.1, 0.15) is 0 Å². The first kappa shape index (κ1) is 10.1. The van der Waals surface area contributed by atoms with Crippen LogP contribution in [0.3, 0.4) is 0 Å². The molecule has 5 aromatic rings. The van der Waals surface area contributed by atoms with Gasteiger partial charge in [0.15, 0.2) is 0 Å². The number of furan rings is 1. The molecule has 20 heavy (non-hydrogen) atoms. The Morgan fingerprint density at radius 2 is 1.15 bits per heavy atom. The molecule has 0 aliphatic carbocycles. The summed E-state index contributed by atoms with van der Waals surface area (Å²) in [7, 11) is 0. The molecule has 0 unspecified atom stereocenters. The molecular formula is C18H10O2. The Balaban J connectivity index is 2.34. The van der Waals surface area contributed by atoms with Crippen LogP contribution in [0.4, 0.5) is 0 Å². The summed E-state index contributed by atoms with van der Waals surface area (Å²) >= 11 is 0. The number of benzene rings is 4. The van der Waals surface area contributed by atoms with Crippen LogP contribution in [-0.2, 0) is 0 Å². The Kier molecular flexibility index (Phi) is 1.63. The summed E-state index contributed by atoms with van der Waals surface area (Å²) in [5, 5.41) is 16.7. The molecular weight excluding hydrogens is 248 g/mol. The normalized spacial score (nSPS) is 12.2. The van der Waals surface area contributed by atoms with Gasteiger partial charge >= 0.3 is 0 Å². The van der Waals surface area contributed by atoms with Gasteiger partial charge < -0.3 is 9.52 Å². The highest BCUT2D eigenvalue weighted by atomic mass is 16.3. The lowest BCUT2D eigenvalue weighted by atomic mass is 9.94. The van der Waals surface area contributed by atoms with Crippen LogP contribution in [0.5, 0.6) is 5.75 Å². The smallest absolute Gasteiger partial charge is 0.136 e. The predicted octanol–water partition coefficient (Wildman–Crippen LogP) is 5.04. The number of phenolic OH excluding ortho intramolecular Hbond substituents is 1. The van der Waals surface area contributed by atoms with Crippen LogP contribution in [0.15, 0.2) is 59.0 Å². The first-order chi connectivity index (χ1) is 9.84. The molecule has 0 saturated heterocycles. The van der Waals surface area contributed by atoms with Gasteiger partial charge in [0, 0.05) is 16.2 Å². The molecule has 1 N–H and O–H groups in total. The standard InChI is InChI=1S/C18H10O2/c19-13-7-1-4-10-11-5-2-8-14-17(11)18-12(16(10)13)6-3-9-15(18)20-14/h1-9,19H. The fraction of sp³-hybridized carbons (Fsp3) is 0. The Morgan fingerprint density at radius 3 is 1.90 bits per heavy atom. The summed E-state index contributed by atoms with van der Waals surface area (Å²) in [5.74, 6) is 0.318. The van der Waals surface area contributed by atoms with Gasteiger partial charge in [0.05, 0.1) is 0 Å². The highest BCUT2D eigenvalue weighted by molar-refractivity contribution is 6.33. The van der Waals surface area contributed by atoms with Crippen molar-refractivity contribution < 1.29 is 9.52 Å². The van der Waals surface area contributed by atoms with E-state index in [4.69, 9.17) is 4.42 Å². The predicted molar refractivity (Wildman–Crippen MR) is 81.6 cm³/mol. The second-order valence-electron chi connectivity index (χ2n) is 5.16. The first-order valence-electron chi connectivity index (χ1n) is 6.61. The average Bonchev–Trinajstić information content (AvgIpc) is 2.85. The number of phenols is 1. The van der Waals surface area contributed by atoms with Gasteiger partial charge in [0.25, 0.3) is 0 Å². The van der Waals surface area contributed by atoms with Crippen LogP contribution in [0, 0.1) is 0 Å². The number of hydrogen-bond donors (Lipinski definition) is 1. The van der Waals surface area contributed by atoms with E-state index in [0.29, 0.717) is 5.75 Å². The summed E-state index contributed by atoms with van der Waals surface area (Å²) in [4.78, 5) is 0. The maximum Gasteiger partial charge on any atom is 0.136 e. The number of hydrogen-bond acceptors (Lipinski definition) is 2. The third-order valence-corrected chi connectivity index (χ3v) is 4.12. The SMILES string of the molecule is Oc1cccc2c3cccc4oc5cccc(c12)c5c43. The van der Waals surface area contributed by atoms with E-state index in [2.05, 4.69) is 12.1 Å². The monoisotopic (exact) mass is 258 g/mol. The van der Waals surface area contributed by atoms with Crippen molar-refractivity contribution in [1.29, 1.82) is 0 Å². The molecule has 0 atom stereocenters. The van der Waals surface area contributed by atoms with Gasteiger partial charge in [-0.1, -0.05) is 36.4 Å². The van der Waals surface area contributed by atoms with Crippen molar-refractivity contribution in [2.24, 2.45) is 0 Å².